The molecule has 1 unspecified atom stereocenters. The van der Waals surface area contributed by atoms with Crippen molar-refractivity contribution in [3.63, 3.8) is 0 Å². The van der Waals surface area contributed by atoms with Crippen LogP contribution in [0.3, 0.4) is 0 Å². The Labute approximate surface area is 119 Å². The van der Waals surface area contributed by atoms with Crippen LogP contribution in [-0.2, 0) is 5.60 Å². The van der Waals surface area contributed by atoms with Crippen LogP contribution in [0.25, 0.3) is 0 Å². The summed E-state index contributed by atoms with van der Waals surface area (Å²) in [5.41, 5.74) is 5.09. The lowest BCUT2D eigenvalue weighted by Crippen LogP contribution is -2.25. The number of nitrogens with zero attached hydrogens (tertiary/aromatic N) is 1. The number of nitrogens with two attached hydrogens (primary N) is 1. The molecule has 0 fully saturated rings. The molecule has 1 atom stereocenters. The molecule has 100 valence electrons. The summed E-state index contributed by atoms with van der Waals surface area (Å²) in [5, 5.41) is 10.7. The second-order valence-corrected chi connectivity index (χ2v) is 5.10. The van der Waals surface area contributed by atoms with Crippen LogP contribution in [0.1, 0.15) is 18.1 Å². The number of aliphatic hydroxyl groups is 1. The maximum absolute atomic E-state index is 13.6. The Morgan fingerprint density at radius 2 is 1.95 bits per heavy atom. The highest BCUT2D eigenvalue weighted by Crippen LogP contribution is 2.38. The smallest absolute Gasteiger partial charge is 0.142 e. The monoisotopic (exact) mass is 300 g/mol. The van der Waals surface area contributed by atoms with Gasteiger partial charge in [-0.1, -0.05) is 23.2 Å². The molecule has 1 heterocycles. The number of nitrogen functional groups attached to an aromatic ring is 1. The van der Waals surface area contributed by atoms with Crippen molar-refractivity contribution in [3.05, 3.63) is 57.6 Å². The van der Waals surface area contributed by atoms with Crippen molar-refractivity contribution in [2.75, 3.05) is 5.73 Å². The van der Waals surface area contributed by atoms with E-state index in [1.54, 1.807) is 6.07 Å². The van der Waals surface area contributed by atoms with Crippen molar-refractivity contribution in [1.29, 1.82) is 0 Å². The lowest BCUT2D eigenvalue weighted by molar-refractivity contribution is 0.102. The minimum Gasteiger partial charge on any atom is -0.398 e. The van der Waals surface area contributed by atoms with E-state index in [0.717, 1.165) is 6.07 Å². The SMILES string of the molecule is CC(O)(c1cnccc1N)c1cc(F)c(Cl)cc1Cl. The van der Waals surface area contributed by atoms with E-state index in [9.17, 15) is 9.50 Å². The number of hydrogen-bond donors (Lipinski definition) is 2. The van der Waals surface area contributed by atoms with Gasteiger partial charge in [0, 0.05) is 34.2 Å². The standard InChI is InChI=1S/C13H11Cl2FN2O/c1-13(19,8-6-18-3-2-12(8)17)7-4-11(16)10(15)5-9(7)14/h2-6,19H,1H3,(H2,17,18). The normalized spacial score (nSPS) is 14.2. The lowest BCUT2D eigenvalue weighted by atomic mass is 9.88. The van der Waals surface area contributed by atoms with Crippen LogP contribution in [0.2, 0.25) is 10.0 Å². The van der Waals surface area contributed by atoms with Crippen LogP contribution in [0, 0.1) is 5.82 Å². The fourth-order valence-electron chi connectivity index (χ4n) is 1.85. The largest absolute Gasteiger partial charge is 0.398 e. The summed E-state index contributed by atoms with van der Waals surface area (Å²) < 4.78 is 13.6. The van der Waals surface area contributed by atoms with Crippen molar-refractivity contribution >= 4 is 28.9 Å². The third kappa shape index (κ3) is 2.52. The highest BCUT2D eigenvalue weighted by atomic mass is 35.5. The van der Waals surface area contributed by atoms with Crippen LogP contribution in [0.15, 0.2) is 30.6 Å². The Morgan fingerprint density at radius 3 is 2.58 bits per heavy atom. The van der Waals surface area contributed by atoms with E-state index in [1.165, 1.54) is 25.4 Å². The van der Waals surface area contributed by atoms with Crippen LogP contribution >= 0.6 is 23.2 Å². The third-order valence-corrected chi connectivity index (χ3v) is 3.52. The Balaban J connectivity index is 2.63. The van der Waals surface area contributed by atoms with Crippen LogP contribution in [0.4, 0.5) is 10.1 Å². The Bertz CT molecular complexity index is 632. The summed E-state index contributed by atoms with van der Waals surface area (Å²) in [6.07, 6.45) is 2.91. The summed E-state index contributed by atoms with van der Waals surface area (Å²) in [6, 6.07) is 3.88. The fourth-order valence-corrected chi connectivity index (χ4v) is 2.42. The second kappa shape index (κ2) is 4.96. The number of benzene rings is 1. The number of anilines is 1. The molecule has 3 N–H and O–H groups in total. The van der Waals surface area contributed by atoms with Crippen LogP contribution in [0.5, 0.6) is 0 Å². The first-order valence-electron chi connectivity index (χ1n) is 5.41. The van der Waals surface area contributed by atoms with Gasteiger partial charge in [0.05, 0.1) is 5.02 Å². The molecule has 0 spiro atoms. The van der Waals surface area contributed by atoms with Crippen molar-refractivity contribution < 1.29 is 9.50 Å². The Morgan fingerprint density at radius 1 is 1.26 bits per heavy atom. The Hall–Kier alpha value is -1.36. The van der Waals surface area contributed by atoms with E-state index in [-0.39, 0.29) is 15.6 Å². The molecule has 2 rings (SSSR count). The highest BCUT2D eigenvalue weighted by molar-refractivity contribution is 6.35. The van der Waals surface area contributed by atoms with Gasteiger partial charge < -0.3 is 10.8 Å². The maximum atomic E-state index is 13.6. The van der Waals surface area contributed by atoms with Gasteiger partial charge in [-0.05, 0) is 25.1 Å². The van der Waals surface area contributed by atoms with Gasteiger partial charge >= 0.3 is 0 Å². The molecule has 0 radical (unpaired) electrons. The molecule has 0 saturated heterocycles. The topological polar surface area (TPSA) is 59.1 Å². The molecule has 2 aromatic rings. The number of rotatable bonds is 2. The molecule has 1 aromatic carbocycles. The lowest BCUT2D eigenvalue weighted by Gasteiger charge is -2.26. The average Bonchev–Trinajstić information content (AvgIpc) is 2.34. The first-order valence-corrected chi connectivity index (χ1v) is 6.17. The molecule has 0 aliphatic rings. The molecule has 3 nitrogen and oxygen atoms in total. The number of halogens is 3. The summed E-state index contributed by atoms with van der Waals surface area (Å²) >= 11 is 11.7. The fraction of sp³-hybridized carbons (Fsp3) is 0.154. The van der Waals surface area contributed by atoms with Gasteiger partial charge in [0.15, 0.2) is 0 Å². The third-order valence-electron chi connectivity index (χ3n) is 2.91. The predicted molar refractivity (Wildman–Crippen MR) is 73.7 cm³/mol. The zero-order valence-electron chi connectivity index (χ0n) is 9.99. The van der Waals surface area contributed by atoms with Gasteiger partial charge in [-0.2, -0.15) is 0 Å². The molecule has 0 amide bonds. The molecular weight excluding hydrogens is 290 g/mol. The summed E-state index contributed by atoms with van der Waals surface area (Å²) in [4.78, 5) is 3.90. The molecular formula is C13H11Cl2FN2O. The zero-order valence-corrected chi connectivity index (χ0v) is 11.5. The first kappa shape index (κ1) is 14.1. The van der Waals surface area contributed by atoms with E-state index >= 15 is 0 Å². The first-order chi connectivity index (χ1) is 8.84. The second-order valence-electron chi connectivity index (χ2n) is 4.28. The maximum Gasteiger partial charge on any atom is 0.142 e. The Kier molecular flexibility index (Phi) is 3.67. The minimum absolute atomic E-state index is 0.108. The molecule has 1 aromatic heterocycles. The summed E-state index contributed by atoms with van der Waals surface area (Å²) in [7, 11) is 0. The molecule has 19 heavy (non-hydrogen) atoms. The summed E-state index contributed by atoms with van der Waals surface area (Å²) in [5.74, 6) is -0.663. The molecule has 0 aliphatic heterocycles. The number of pyridine rings is 1. The van der Waals surface area contributed by atoms with Gasteiger partial charge in [-0.15, -0.1) is 0 Å². The number of hydrogen-bond acceptors (Lipinski definition) is 3. The van der Waals surface area contributed by atoms with Crippen molar-refractivity contribution in [2.45, 2.75) is 12.5 Å². The molecule has 6 heteroatoms. The van der Waals surface area contributed by atoms with E-state index in [4.69, 9.17) is 28.9 Å². The van der Waals surface area contributed by atoms with Gasteiger partial charge in [0.1, 0.15) is 11.4 Å². The zero-order chi connectivity index (χ0) is 14.2. The molecule has 0 aliphatic carbocycles. The molecule has 0 saturated carbocycles. The van der Waals surface area contributed by atoms with Gasteiger partial charge in [-0.3, -0.25) is 4.98 Å². The van der Waals surface area contributed by atoms with Crippen molar-refractivity contribution in [2.24, 2.45) is 0 Å². The summed E-state index contributed by atoms with van der Waals surface area (Å²) in [6.45, 7) is 1.47. The van der Waals surface area contributed by atoms with Gasteiger partial charge in [0.2, 0.25) is 0 Å². The number of aromatic nitrogens is 1. The predicted octanol–water partition coefficient (Wildman–Crippen LogP) is 3.37. The van der Waals surface area contributed by atoms with Gasteiger partial charge in [-0.25, -0.2) is 4.39 Å². The molecule has 0 bridgehead atoms. The minimum atomic E-state index is -1.57. The average molecular weight is 301 g/mol. The van der Waals surface area contributed by atoms with E-state index < -0.39 is 11.4 Å². The van der Waals surface area contributed by atoms with Crippen molar-refractivity contribution in [3.8, 4) is 0 Å². The van der Waals surface area contributed by atoms with E-state index in [2.05, 4.69) is 4.98 Å². The van der Waals surface area contributed by atoms with E-state index in [0.29, 0.717) is 11.3 Å². The van der Waals surface area contributed by atoms with Crippen molar-refractivity contribution in [1.82, 2.24) is 4.98 Å². The quantitative estimate of drug-likeness (QED) is 0.836. The van der Waals surface area contributed by atoms with Gasteiger partial charge in [0.25, 0.3) is 0 Å². The highest BCUT2D eigenvalue weighted by Gasteiger charge is 2.31. The van der Waals surface area contributed by atoms with Crippen LogP contribution < -0.4 is 5.73 Å². The van der Waals surface area contributed by atoms with Crippen LogP contribution in [-0.4, -0.2) is 10.1 Å². The van der Waals surface area contributed by atoms with E-state index in [1.807, 2.05) is 0 Å².